The van der Waals surface area contributed by atoms with Crippen LogP contribution in [0.4, 0.5) is 4.39 Å². The number of aromatic amines is 1. The number of nitrogens with zero attached hydrogens (tertiary/aromatic N) is 4. The van der Waals surface area contributed by atoms with E-state index >= 15 is 0 Å². The van der Waals surface area contributed by atoms with Crippen LogP contribution in [0.2, 0.25) is 0 Å². The average molecular weight is 309 g/mol. The first kappa shape index (κ1) is 15.0. The SMILES string of the molecule is CCCCc1ncc(-c2nccn2-c2ccc(F)c(C#N)c2)[nH]1. The van der Waals surface area contributed by atoms with E-state index in [9.17, 15) is 4.39 Å². The molecule has 0 saturated carbocycles. The molecule has 0 aliphatic heterocycles. The zero-order valence-electron chi connectivity index (χ0n) is 12.8. The smallest absolute Gasteiger partial charge is 0.162 e. The molecule has 0 amide bonds. The first-order valence-corrected chi connectivity index (χ1v) is 7.50. The second-order valence-corrected chi connectivity index (χ2v) is 5.24. The van der Waals surface area contributed by atoms with Gasteiger partial charge in [-0.05, 0) is 24.6 Å². The molecule has 1 aromatic carbocycles. The molecule has 3 aromatic rings. The van der Waals surface area contributed by atoms with Gasteiger partial charge >= 0.3 is 0 Å². The lowest BCUT2D eigenvalue weighted by molar-refractivity contribution is 0.623. The molecule has 5 nitrogen and oxygen atoms in total. The molecule has 0 fully saturated rings. The summed E-state index contributed by atoms with van der Waals surface area (Å²) in [5.41, 5.74) is 1.49. The highest BCUT2D eigenvalue weighted by Gasteiger charge is 2.12. The van der Waals surface area contributed by atoms with Crippen LogP contribution in [0, 0.1) is 17.1 Å². The van der Waals surface area contributed by atoms with E-state index in [4.69, 9.17) is 5.26 Å². The van der Waals surface area contributed by atoms with Gasteiger partial charge in [-0.15, -0.1) is 0 Å². The number of benzene rings is 1. The van der Waals surface area contributed by atoms with Crippen LogP contribution >= 0.6 is 0 Å². The molecule has 0 bridgehead atoms. The van der Waals surface area contributed by atoms with Crippen molar-refractivity contribution in [1.29, 1.82) is 5.26 Å². The largest absolute Gasteiger partial charge is 0.339 e. The molecule has 0 aliphatic rings. The van der Waals surface area contributed by atoms with E-state index in [-0.39, 0.29) is 5.56 Å². The van der Waals surface area contributed by atoms with Crippen molar-refractivity contribution < 1.29 is 4.39 Å². The molecule has 0 unspecified atom stereocenters. The maximum absolute atomic E-state index is 13.5. The Balaban J connectivity index is 1.97. The van der Waals surface area contributed by atoms with Crippen LogP contribution in [0.15, 0.2) is 36.8 Å². The molecule has 0 atom stereocenters. The van der Waals surface area contributed by atoms with E-state index in [2.05, 4.69) is 21.9 Å². The maximum Gasteiger partial charge on any atom is 0.162 e. The Morgan fingerprint density at radius 1 is 1.35 bits per heavy atom. The van der Waals surface area contributed by atoms with Gasteiger partial charge in [-0.3, -0.25) is 4.57 Å². The number of halogens is 1. The van der Waals surface area contributed by atoms with Crippen LogP contribution < -0.4 is 0 Å². The molecule has 0 aliphatic carbocycles. The van der Waals surface area contributed by atoms with Crippen molar-refractivity contribution in [1.82, 2.24) is 19.5 Å². The molecule has 2 heterocycles. The number of aryl methyl sites for hydroxylation is 1. The van der Waals surface area contributed by atoms with Gasteiger partial charge < -0.3 is 4.98 Å². The number of hydrogen-bond donors (Lipinski definition) is 1. The highest BCUT2D eigenvalue weighted by molar-refractivity contribution is 5.55. The Labute approximate surface area is 133 Å². The van der Waals surface area contributed by atoms with Crippen molar-refractivity contribution in [3.63, 3.8) is 0 Å². The molecular weight excluding hydrogens is 293 g/mol. The Bertz CT molecular complexity index is 856. The number of imidazole rings is 2. The van der Waals surface area contributed by atoms with Gasteiger partial charge in [0.1, 0.15) is 23.4 Å². The van der Waals surface area contributed by atoms with Crippen molar-refractivity contribution in [2.24, 2.45) is 0 Å². The van der Waals surface area contributed by atoms with Gasteiger partial charge in [-0.1, -0.05) is 13.3 Å². The number of hydrogen-bond acceptors (Lipinski definition) is 3. The quantitative estimate of drug-likeness (QED) is 0.782. The van der Waals surface area contributed by atoms with Gasteiger partial charge in [0.15, 0.2) is 5.82 Å². The molecule has 0 radical (unpaired) electrons. The van der Waals surface area contributed by atoms with Crippen molar-refractivity contribution in [2.45, 2.75) is 26.2 Å². The Morgan fingerprint density at radius 3 is 3.00 bits per heavy atom. The highest BCUT2D eigenvalue weighted by atomic mass is 19.1. The molecule has 6 heteroatoms. The summed E-state index contributed by atoms with van der Waals surface area (Å²) in [4.78, 5) is 12.0. The Hall–Kier alpha value is -2.94. The molecule has 116 valence electrons. The third kappa shape index (κ3) is 2.99. The van der Waals surface area contributed by atoms with Crippen LogP contribution in [-0.2, 0) is 6.42 Å². The van der Waals surface area contributed by atoms with Gasteiger partial charge in [-0.25, -0.2) is 14.4 Å². The monoisotopic (exact) mass is 309 g/mol. The van der Waals surface area contributed by atoms with Gasteiger partial charge in [0.25, 0.3) is 0 Å². The number of unbranched alkanes of at least 4 members (excludes halogenated alkanes) is 1. The second kappa shape index (κ2) is 6.44. The fourth-order valence-electron chi connectivity index (χ4n) is 2.41. The molecule has 3 rings (SSSR count). The number of H-pyrrole nitrogens is 1. The first-order chi connectivity index (χ1) is 11.2. The summed E-state index contributed by atoms with van der Waals surface area (Å²) < 4.78 is 15.3. The van der Waals surface area contributed by atoms with E-state index in [1.165, 1.54) is 12.1 Å². The number of nitriles is 1. The minimum atomic E-state index is -0.527. The number of aromatic nitrogens is 4. The zero-order chi connectivity index (χ0) is 16.2. The van der Waals surface area contributed by atoms with Crippen molar-refractivity contribution in [3.05, 3.63) is 54.0 Å². The maximum atomic E-state index is 13.5. The number of rotatable bonds is 5. The predicted molar refractivity (Wildman–Crippen MR) is 84.4 cm³/mol. The molecule has 2 aromatic heterocycles. The summed E-state index contributed by atoms with van der Waals surface area (Å²) in [5, 5.41) is 8.98. The van der Waals surface area contributed by atoms with Crippen LogP contribution in [0.1, 0.15) is 31.2 Å². The Morgan fingerprint density at radius 2 is 2.22 bits per heavy atom. The van der Waals surface area contributed by atoms with Crippen molar-refractivity contribution >= 4 is 0 Å². The van der Waals surface area contributed by atoms with E-state index in [1.807, 2.05) is 6.07 Å². The average Bonchev–Trinajstić information content (AvgIpc) is 3.22. The summed E-state index contributed by atoms with van der Waals surface area (Å²) >= 11 is 0. The molecule has 1 N–H and O–H groups in total. The first-order valence-electron chi connectivity index (χ1n) is 7.50. The zero-order valence-corrected chi connectivity index (χ0v) is 12.8. The van der Waals surface area contributed by atoms with E-state index < -0.39 is 5.82 Å². The second-order valence-electron chi connectivity index (χ2n) is 5.24. The summed E-state index contributed by atoms with van der Waals surface area (Å²) in [7, 11) is 0. The summed E-state index contributed by atoms with van der Waals surface area (Å²) in [6.45, 7) is 2.14. The topological polar surface area (TPSA) is 70.3 Å². The lowest BCUT2D eigenvalue weighted by atomic mass is 10.2. The molecule has 0 spiro atoms. The summed E-state index contributed by atoms with van der Waals surface area (Å²) in [6, 6.07) is 6.27. The lowest BCUT2D eigenvalue weighted by Gasteiger charge is -2.07. The van der Waals surface area contributed by atoms with Gasteiger partial charge in [0.05, 0.1) is 11.8 Å². The van der Waals surface area contributed by atoms with Crippen molar-refractivity contribution in [2.75, 3.05) is 0 Å². The van der Waals surface area contributed by atoms with Crippen LogP contribution in [-0.4, -0.2) is 19.5 Å². The lowest BCUT2D eigenvalue weighted by Crippen LogP contribution is -1.98. The van der Waals surface area contributed by atoms with Crippen LogP contribution in [0.25, 0.3) is 17.2 Å². The Kier molecular flexibility index (Phi) is 4.20. The third-order valence-corrected chi connectivity index (χ3v) is 3.63. The van der Waals surface area contributed by atoms with E-state index in [0.29, 0.717) is 11.5 Å². The summed E-state index contributed by atoms with van der Waals surface area (Å²) in [6.07, 6.45) is 8.26. The molecule has 0 saturated heterocycles. The predicted octanol–water partition coefficient (Wildman–Crippen LogP) is 3.62. The normalized spacial score (nSPS) is 10.7. The minimum absolute atomic E-state index is 0.00963. The van der Waals surface area contributed by atoms with Gasteiger partial charge in [-0.2, -0.15) is 5.26 Å². The van der Waals surface area contributed by atoms with E-state index in [0.717, 1.165) is 30.8 Å². The molecule has 23 heavy (non-hydrogen) atoms. The molecular formula is C17H16FN5. The minimum Gasteiger partial charge on any atom is -0.339 e. The van der Waals surface area contributed by atoms with Crippen LogP contribution in [0.5, 0.6) is 0 Å². The van der Waals surface area contributed by atoms with Gasteiger partial charge in [0, 0.05) is 24.5 Å². The van der Waals surface area contributed by atoms with Crippen LogP contribution in [0.3, 0.4) is 0 Å². The highest BCUT2D eigenvalue weighted by Crippen LogP contribution is 2.21. The summed E-state index contributed by atoms with van der Waals surface area (Å²) in [5.74, 6) is 1.07. The standard InChI is InChI=1S/C17H16FN5/c1-2-3-4-16-21-11-15(22-16)17-20-7-8-23(17)13-5-6-14(18)12(9-13)10-19/h5-9,11H,2-4H2,1H3,(H,21,22). The van der Waals surface area contributed by atoms with Crippen molar-refractivity contribution in [3.8, 4) is 23.3 Å². The fourth-order valence-corrected chi connectivity index (χ4v) is 2.41. The fraction of sp³-hybridized carbons (Fsp3) is 0.235. The number of nitrogens with one attached hydrogen (secondary N) is 1. The van der Waals surface area contributed by atoms with E-state index in [1.54, 1.807) is 29.2 Å². The third-order valence-electron chi connectivity index (χ3n) is 3.63. The van der Waals surface area contributed by atoms with Gasteiger partial charge in [0.2, 0.25) is 0 Å².